The van der Waals surface area contributed by atoms with Crippen LogP contribution in [0, 0.1) is 0 Å². The third-order valence-corrected chi connectivity index (χ3v) is 3.94. The van der Waals surface area contributed by atoms with Crippen LogP contribution in [0.5, 0.6) is 0 Å². The first-order valence-corrected chi connectivity index (χ1v) is 6.92. The van der Waals surface area contributed by atoms with Gasteiger partial charge in [-0.3, -0.25) is 4.90 Å². The van der Waals surface area contributed by atoms with E-state index in [1.54, 1.807) is 4.52 Å². The second-order valence-electron chi connectivity index (χ2n) is 4.73. The second-order valence-corrected chi connectivity index (χ2v) is 5.14. The Morgan fingerprint density at radius 1 is 1.44 bits per heavy atom. The molecule has 0 spiro atoms. The van der Waals surface area contributed by atoms with Gasteiger partial charge in [0.2, 0.25) is 0 Å². The minimum absolute atomic E-state index is 0.347. The molecule has 2 aromatic rings. The lowest BCUT2D eigenvalue weighted by molar-refractivity contribution is 0.150. The van der Waals surface area contributed by atoms with Crippen molar-refractivity contribution in [1.82, 2.24) is 19.5 Å². The molecule has 0 saturated carbocycles. The van der Waals surface area contributed by atoms with Gasteiger partial charge < -0.3 is 0 Å². The van der Waals surface area contributed by atoms with E-state index in [1.165, 1.54) is 12.8 Å². The Morgan fingerprint density at radius 2 is 2.33 bits per heavy atom. The maximum absolute atomic E-state index is 6.14. The average molecular weight is 265 g/mol. The largest absolute Gasteiger partial charge is 0.294 e. The zero-order valence-corrected chi connectivity index (χ0v) is 11.3. The van der Waals surface area contributed by atoms with Gasteiger partial charge in [0, 0.05) is 6.20 Å². The highest BCUT2D eigenvalue weighted by Crippen LogP contribution is 2.29. The third-order valence-electron chi connectivity index (χ3n) is 3.65. The quantitative estimate of drug-likeness (QED) is 0.836. The van der Waals surface area contributed by atoms with Crippen molar-refractivity contribution in [1.29, 1.82) is 0 Å². The summed E-state index contributed by atoms with van der Waals surface area (Å²) in [5.74, 6) is 0.907. The maximum atomic E-state index is 6.14. The molecule has 0 aromatic carbocycles. The number of rotatable bonds is 2. The number of nitrogens with zero attached hydrogens (tertiary/aromatic N) is 4. The van der Waals surface area contributed by atoms with Crippen molar-refractivity contribution < 1.29 is 0 Å². The lowest BCUT2D eigenvalue weighted by atomic mass is 10.0. The molecule has 18 heavy (non-hydrogen) atoms. The summed E-state index contributed by atoms with van der Waals surface area (Å²) in [6, 6.07) is 4.10. The predicted octanol–water partition coefficient (Wildman–Crippen LogP) is 2.93. The lowest BCUT2D eigenvalue weighted by Crippen LogP contribution is -2.33. The maximum Gasteiger partial charge on any atom is 0.174 e. The molecule has 1 saturated heterocycles. The Labute approximate surface area is 112 Å². The van der Waals surface area contributed by atoms with Gasteiger partial charge in [0.05, 0.1) is 11.1 Å². The molecule has 0 aliphatic carbocycles. The number of hydrogen-bond donors (Lipinski definition) is 0. The molecule has 3 rings (SSSR count). The normalized spacial score (nSPS) is 21.6. The van der Waals surface area contributed by atoms with Crippen LogP contribution in [0.4, 0.5) is 0 Å². The Bertz CT molecular complexity index is 551. The highest BCUT2D eigenvalue weighted by Gasteiger charge is 2.26. The molecular formula is C13H17ClN4. The molecule has 1 atom stereocenters. The highest BCUT2D eigenvalue weighted by atomic mass is 35.5. The smallest absolute Gasteiger partial charge is 0.174 e. The summed E-state index contributed by atoms with van der Waals surface area (Å²) in [6.07, 6.45) is 5.57. The van der Waals surface area contributed by atoms with Gasteiger partial charge in [0.1, 0.15) is 0 Å². The van der Waals surface area contributed by atoms with Gasteiger partial charge in [-0.15, -0.1) is 5.10 Å². The number of hydrogen-bond acceptors (Lipinski definition) is 3. The molecule has 3 heterocycles. The fourth-order valence-corrected chi connectivity index (χ4v) is 2.89. The van der Waals surface area contributed by atoms with Gasteiger partial charge in [0.25, 0.3) is 0 Å². The molecule has 0 bridgehead atoms. The van der Waals surface area contributed by atoms with Crippen molar-refractivity contribution >= 4 is 17.2 Å². The van der Waals surface area contributed by atoms with Crippen LogP contribution < -0.4 is 0 Å². The Morgan fingerprint density at radius 3 is 3.11 bits per heavy atom. The van der Waals surface area contributed by atoms with E-state index in [0.29, 0.717) is 11.1 Å². The second kappa shape index (κ2) is 4.86. The highest BCUT2D eigenvalue weighted by molar-refractivity contribution is 6.33. The first-order valence-electron chi connectivity index (χ1n) is 6.54. The average Bonchev–Trinajstić information content (AvgIpc) is 2.84. The van der Waals surface area contributed by atoms with Gasteiger partial charge in [-0.25, -0.2) is 9.50 Å². The predicted molar refractivity (Wildman–Crippen MR) is 71.8 cm³/mol. The van der Waals surface area contributed by atoms with Crippen LogP contribution in [0.2, 0.25) is 5.02 Å². The van der Waals surface area contributed by atoms with E-state index in [0.717, 1.165) is 31.0 Å². The summed E-state index contributed by atoms with van der Waals surface area (Å²) in [5, 5.41) is 5.24. The number of halogens is 1. The van der Waals surface area contributed by atoms with Crippen LogP contribution in [0.25, 0.3) is 5.65 Å². The van der Waals surface area contributed by atoms with Gasteiger partial charge in [-0.2, -0.15) is 0 Å². The SMILES string of the molecule is CCN1CCCCC1c1nc2c(Cl)cccn2n1. The molecule has 1 aliphatic rings. The molecule has 1 aliphatic heterocycles. The Balaban J connectivity index is 2.00. The molecule has 4 nitrogen and oxygen atoms in total. The topological polar surface area (TPSA) is 33.4 Å². The molecule has 96 valence electrons. The van der Waals surface area contributed by atoms with Crippen molar-refractivity contribution in [2.45, 2.75) is 32.2 Å². The summed E-state index contributed by atoms with van der Waals surface area (Å²) in [5.41, 5.74) is 0.760. The standard InChI is InChI=1S/C13H17ClN4/c1-2-17-8-4-3-7-11(17)12-15-13-10(14)6-5-9-18(13)16-12/h5-6,9,11H,2-4,7-8H2,1H3. The summed E-state index contributed by atoms with van der Waals surface area (Å²) >= 11 is 6.14. The zero-order chi connectivity index (χ0) is 12.5. The molecular weight excluding hydrogens is 248 g/mol. The molecule has 2 aromatic heterocycles. The van der Waals surface area contributed by atoms with Gasteiger partial charge in [-0.05, 0) is 38.1 Å². The minimum Gasteiger partial charge on any atom is -0.294 e. The van der Waals surface area contributed by atoms with Crippen LogP contribution in [0.15, 0.2) is 18.3 Å². The van der Waals surface area contributed by atoms with Crippen LogP contribution in [0.3, 0.4) is 0 Å². The van der Waals surface area contributed by atoms with E-state index in [1.807, 2.05) is 18.3 Å². The van der Waals surface area contributed by atoms with E-state index >= 15 is 0 Å². The molecule has 0 N–H and O–H groups in total. The zero-order valence-electron chi connectivity index (χ0n) is 10.5. The van der Waals surface area contributed by atoms with E-state index < -0.39 is 0 Å². The first kappa shape index (κ1) is 11.9. The van der Waals surface area contributed by atoms with Crippen molar-refractivity contribution in [3.8, 4) is 0 Å². The van der Waals surface area contributed by atoms with Crippen molar-refractivity contribution in [2.75, 3.05) is 13.1 Å². The number of aromatic nitrogens is 3. The molecule has 0 amide bonds. The Hall–Kier alpha value is -1.13. The van der Waals surface area contributed by atoms with Crippen molar-refractivity contribution in [3.05, 3.63) is 29.2 Å². The summed E-state index contributed by atoms with van der Waals surface area (Å²) < 4.78 is 1.78. The van der Waals surface area contributed by atoms with E-state index in [-0.39, 0.29) is 0 Å². The van der Waals surface area contributed by atoms with E-state index in [2.05, 4.69) is 21.9 Å². The fraction of sp³-hybridized carbons (Fsp3) is 0.538. The van der Waals surface area contributed by atoms with E-state index in [9.17, 15) is 0 Å². The van der Waals surface area contributed by atoms with Crippen molar-refractivity contribution in [3.63, 3.8) is 0 Å². The van der Waals surface area contributed by atoms with Crippen LogP contribution in [-0.4, -0.2) is 32.6 Å². The van der Waals surface area contributed by atoms with Gasteiger partial charge in [-0.1, -0.05) is 24.9 Å². The van der Waals surface area contributed by atoms with Crippen LogP contribution in [-0.2, 0) is 0 Å². The number of likely N-dealkylation sites (tertiary alicyclic amines) is 1. The minimum atomic E-state index is 0.347. The Kier molecular flexibility index (Phi) is 3.22. The summed E-state index contributed by atoms with van der Waals surface area (Å²) in [4.78, 5) is 7.06. The van der Waals surface area contributed by atoms with Gasteiger partial charge in [0.15, 0.2) is 11.5 Å². The summed E-state index contributed by atoms with van der Waals surface area (Å²) in [6.45, 7) is 4.39. The monoisotopic (exact) mass is 264 g/mol. The van der Waals surface area contributed by atoms with Crippen LogP contribution >= 0.6 is 11.6 Å². The molecule has 0 radical (unpaired) electrons. The first-order chi connectivity index (χ1) is 8.79. The lowest BCUT2D eigenvalue weighted by Gasteiger charge is -2.32. The molecule has 1 unspecified atom stereocenters. The molecule has 1 fully saturated rings. The van der Waals surface area contributed by atoms with Crippen molar-refractivity contribution in [2.24, 2.45) is 0 Å². The number of pyridine rings is 1. The summed E-state index contributed by atoms with van der Waals surface area (Å²) in [7, 11) is 0. The number of piperidine rings is 1. The molecule has 5 heteroatoms. The fourth-order valence-electron chi connectivity index (χ4n) is 2.69. The van der Waals surface area contributed by atoms with Crippen LogP contribution in [0.1, 0.15) is 38.1 Å². The van der Waals surface area contributed by atoms with E-state index in [4.69, 9.17) is 11.6 Å². The van der Waals surface area contributed by atoms with Gasteiger partial charge >= 0.3 is 0 Å². The number of fused-ring (bicyclic) bond motifs is 1. The third kappa shape index (κ3) is 1.99.